The maximum Gasteiger partial charge on any atom is 0.248 e. The summed E-state index contributed by atoms with van der Waals surface area (Å²) >= 11 is 1.57. The van der Waals surface area contributed by atoms with Crippen molar-refractivity contribution in [3.05, 3.63) is 101 Å². The number of thioether (sulfide) groups is 1. The highest BCUT2D eigenvalue weighted by Gasteiger charge is 2.15. The largest absolute Gasteiger partial charge is 0.485 e. The Labute approximate surface area is 185 Å². The fraction of sp³-hybridized carbons (Fsp3) is 0.125. The Morgan fingerprint density at radius 3 is 2.39 bits per heavy atom. The van der Waals surface area contributed by atoms with Gasteiger partial charge in [-0.05, 0) is 48.4 Å². The van der Waals surface area contributed by atoms with Crippen LogP contribution < -0.4 is 10.5 Å². The number of aryl methyl sites for hydroxylation is 1. The molecule has 0 saturated carbocycles. The van der Waals surface area contributed by atoms with E-state index in [4.69, 9.17) is 10.5 Å². The number of nitrogens with zero attached hydrogens (tertiary/aromatic N) is 3. The quantitative estimate of drug-likeness (QED) is 0.415. The van der Waals surface area contributed by atoms with Gasteiger partial charge in [-0.25, -0.2) is 0 Å². The van der Waals surface area contributed by atoms with Crippen molar-refractivity contribution in [3.63, 3.8) is 0 Å². The molecule has 0 atom stereocenters. The molecule has 1 aromatic heterocycles. The Kier molecular flexibility index (Phi) is 6.33. The normalized spacial score (nSPS) is 10.7. The predicted octanol–water partition coefficient (Wildman–Crippen LogP) is 4.55. The van der Waals surface area contributed by atoms with Crippen LogP contribution in [0.1, 0.15) is 27.3 Å². The van der Waals surface area contributed by atoms with Crippen LogP contribution in [0.4, 0.5) is 0 Å². The third-order valence-corrected chi connectivity index (χ3v) is 5.77. The first-order valence-corrected chi connectivity index (χ1v) is 10.8. The van der Waals surface area contributed by atoms with E-state index < -0.39 is 5.91 Å². The van der Waals surface area contributed by atoms with Crippen molar-refractivity contribution in [3.8, 4) is 11.4 Å². The van der Waals surface area contributed by atoms with Crippen LogP contribution in [0.3, 0.4) is 0 Å². The van der Waals surface area contributed by atoms with Gasteiger partial charge in [-0.3, -0.25) is 9.36 Å². The Morgan fingerprint density at radius 2 is 1.68 bits per heavy atom. The summed E-state index contributed by atoms with van der Waals surface area (Å²) in [5.74, 6) is 1.80. The van der Waals surface area contributed by atoms with E-state index in [0.717, 1.165) is 33.5 Å². The minimum Gasteiger partial charge on any atom is -0.485 e. The average Bonchev–Trinajstić information content (AvgIpc) is 3.21. The van der Waals surface area contributed by atoms with Crippen molar-refractivity contribution >= 4 is 17.7 Å². The van der Waals surface area contributed by atoms with Gasteiger partial charge in [-0.1, -0.05) is 60.3 Å². The molecular formula is C24H22N4O2S. The van der Waals surface area contributed by atoms with Crippen LogP contribution in [0, 0.1) is 6.92 Å². The molecule has 0 aliphatic rings. The fourth-order valence-electron chi connectivity index (χ4n) is 3.10. The number of benzene rings is 3. The smallest absolute Gasteiger partial charge is 0.248 e. The second-order valence-electron chi connectivity index (χ2n) is 6.97. The number of hydrogen-bond donors (Lipinski definition) is 1. The van der Waals surface area contributed by atoms with Crippen LogP contribution in [-0.2, 0) is 12.4 Å². The van der Waals surface area contributed by atoms with E-state index in [1.54, 1.807) is 23.9 Å². The van der Waals surface area contributed by atoms with Crippen LogP contribution >= 0.6 is 11.8 Å². The number of primary amides is 1. The van der Waals surface area contributed by atoms with Crippen LogP contribution in [0.15, 0.2) is 84.0 Å². The Balaban J connectivity index is 1.56. The Hall–Kier alpha value is -3.58. The third-order valence-electron chi connectivity index (χ3n) is 4.77. The first-order chi connectivity index (χ1) is 15.1. The SMILES string of the molecule is Cc1ccccc1OCc1nnc(SCc2ccc(C(N)=O)cc2)n1-c1ccccc1. The van der Waals surface area contributed by atoms with Crippen molar-refractivity contribution < 1.29 is 9.53 Å². The molecule has 0 radical (unpaired) electrons. The van der Waals surface area contributed by atoms with E-state index in [1.807, 2.05) is 78.2 Å². The summed E-state index contributed by atoms with van der Waals surface area (Å²) in [7, 11) is 0. The van der Waals surface area contributed by atoms with Gasteiger partial charge in [-0.2, -0.15) is 0 Å². The summed E-state index contributed by atoms with van der Waals surface area (Å²) in [6.07, 6.45) is 0. The summed E-state index contributed by atoms with van der Waals surface area (Å²) in [5.41, 5.74) is 8.93. The minimum absolute atomic E-state index is 0.306. The molecule has 0 unspecified atom stereocenters. The Morgan fingerprint density at radius 1 is 0.968 bits per heavy atom. The number of carbonyl (C=O) groups is 1. The van der Waals surface area contributed by atoms with Crippen molar-refractivity contribution in [1.29, 1.82) is 0 Å². The maximum absolute atomic E-state index is 11.3. The molecule has 0 spiro atoms. The van der Waals surface area contributed by atoms with E-state index in [1.165, 1.54) is 0 Å². The van der Waals surface area contributed by atoms with E-state index in [9.17, 15) is 4.79 Å². The number of rotatable bonds is 8. The number of ether oxygens (including phenoxy) is 1. The zero-order valence-corrected chi connectivity index (χ0v) is 17.9. The molecule has 2 N–H and O–H groups in total. The molecule has 3 aromatic carbocycles. The highest BCUT2D eigenvalue weighted by molar-refractivity contribution is 7.98. The summed E-state index contributed by atoms with van der Waals surface area (Å²) in [4.78, 5) is 11.3. The van der Waals surface area contributed by atoms with Gasteiger partial charge < -0.3 is 10.5 Å². The summed E-state index contributed by atoms with van der Waals surface area (Å²) in [6.45, 7) is 2.32. The van der Waals surface area contributed by atoms with Gasteiger partial charge in [-0.15, -0.1) is 10.2 Å². The van der Waals surface area contributed by atoms with Crippen LogP contribution in [0.2, 0.25) is 0 Å². The fourth-order valence-corrected chi connectivity index (χ4v) is 4.02. The van der Waals surface area contributed by atoms with Crippen LogP contribution in [-0.4, -0.2) is 20.7 Å². The van der Waals surface area contributed by atoms with Gasteiger partial charge in [0.25, 0.3) is 0 Å². The molecule has 4 rings (SSSR count). The summed E-state index contributed by atoms with van der Waals surface area (Å²) in [6, 6.07) is 25.2. The first-order valence-electron chi connectivity index (χ1n) is 9.81. The van der Waals surface area contributed by atoms with Gasteiger partial charge in [0.05, 0.1) is 0 Å². The molecule has 1 amide bonds. The van der Waals surface area contributed by atoms with Crippen LogP contribution in [0.5, 0.6) is 5.75 Å². The predicted molar refractivity (Wildman–Crippen MR) is 121 cm³/mol. The number of amides is 1. The van der Waals surface area contributed by atoms with Crippen molar-refractivity contribution in [2.24, 2.45) is 5.73 Å². The molecule has 0 saturated heterocycles. The number of carbonyl (C=O) groups excluding carboxylic acids is 1. The third kappa shape index (κ3) is 4.95. The second-order valence-corrected chi connectivity index (χ2v) is 7.92. The van der Waals surface area contributed by atoms with Gasteiger partial charge >= 0.3 is 0 Å². The monoisotopic (exact) mass is 430 g/mol. The molecule has 1 heterocycles. The second kappa shape index (κ2) is 9.49. The molecule has 156 valence electrons. The zero-order valence-electron chi connectivity index (χ0n) is 17.1. The standard InChI is InChI=1S/C24H22N4O2S/c1-17-7-5-6-10-21(17)30-15-22-26-27-24(28(22)20-8-3-2-4-9-20)31-16-18-11-13-19(14-12-18)23(25)29/h2-14H,15-16H2,1H3,(H2,25,29). The number of nitrogens with two attached hydrogens (primary N) is 1. The van der Waals surface area contributed by atoms with E-state index in [-0.39, 0.29) is 0 Å². The van der Waals surface area contributed by atoms with Gasteiger partial charge in [0.2, 0.25) is 5.91 Å². The van der Waals surface area contributed by atoms with Crippen molar-refractivity contribution in [2.75, 3.05) is 0 Å². The molecule has 4 aromatic rings. The summed E-state index contributed by atoms with van der Waals surface area (Å²) < 4.78 is 8.03. The lowest BCUT2D eigenvalue weighted by atomic mass is 10.1. The molecule has 0 aliphatic carbocycles. The lowest BCUT2D eigenvalue weighted by molar-refractivity contribution is 0.100. The van der Waals surface area contributed by atoms with Crippen LogP contribution in [0.25, 0.3) is 5.69 Å². The van der Waals surface area contributed by atoms with Crippen molar-refractivity contribution in [2.45, 2.75) is 24.4 Å². The van der Waals surface area contributed by atoms with E-state index in [0.29, 0.717) is 17.9 Å². The van der Waals surface area contributed by atoms with Gasteiger partial charge in [0.15, 0.2) is 11.0 Å². The van der Waals surface area contributed by atoms with Gasteiger partial charge in [0, 0.05) is 17.0 Å². The lowest BCUT2D eigenvalue weighted by Gasteiger charge is -2.12. The number of hydrogen-bond acceptors (Lipinski definition) is 5. The number of para-hydroxylation sites is 2. The van der Waals surface area contributed by atoms with E-state index in [2.05, 4.69) is 10.2 Å². The average molecular weight is 431 g/mol. The van der Waals surface area contributed by atoms with Gasteiger partial charge in [0.1, 0.15) is 12.4 Å². The molecule has 0 aliphatic heterocycles. The topological polar surface area (TPSA) is 83.0 Å². The summed E-state index contributed by atoms with van der Waals surface area (Å²) in [5, 5.41) is 9.57. The maximum atomic E-state index is 11.3. The zero-order chi connectivity index (χ0) is 21.6. The highest BCUT2D eigenvalue weighted by Crippen LogP contribution is 2.26. The number of aromatic nitrogens is 3. The molecule has 0 bridgehead atoms. The first kappa shape index (κ1) is 20.7. The lowest BCUT2D eigenvalue weighted by Crippen LogP contribution is -2.10. The highest BCUT2D eigenvalue weighted by atomic mass is 32.2. The molecule has 31 heavy (non-hydrogen) atoms. The van der Waals surface area contributed by atoms with Crippen molar-refractivity contribution in [1.82, 2.24) is 14.8 Å². The molecule has 7 heteroatoms. The van der Waals surface area contributed by atoms with E-state index >= 15 is 0 Å². The Bertz CT molecular complexity index is 1170. The molecule has 0 fully saturated rings. The molecule has 6 nitrogen and oxygen atoms in total. The molecular weight excluding hydrogens is 408 g/mol. The minimum atomic E-state index is -0.429.